The van der Waals surface area contributed by atoms with Gasteiger partial charge in [-0.15, -0.1) is 0 Å². The summed E-state index contributed by atoms with van der Waals surface area (Å²) in [6, 6.07) is 24.0. The third kappa shape index (κ3) is 5.13. The van der Waals surface area contributed by atoms with Gasteiger partial charge in [0.25, 0.3) is 11.8 Å². The molecule has 4 aromatic carbocycles. The second-order valence-electron chi connectivity index (χ2n) is 8.97. The number of nitrogens with one attached hydrogen (secondary N) is 1. The van der Waals surface area contributed by atoms with Gasteiger partial charge < -0.3 is 9.47 Å². The van der Waals surface area contributed by atoms with Crippen molar-refractivity contribution in [1.29, 1.82) is 0 Å². The Kier molecular flexibility index (Phi) is 6.93. The van der Waals surface area contributed by atoms with Crippen LogP contribution in [0, 0.1) is 6.92 Å². The fourth-order valence-electron chi connectivity index (χ4n) is 4.41. The Bertz CT molecular complexity index is 1660. The van der Waals surface area contributed by atoms with Crippen LogP contribution in [-0.2, 0) is 20.9 Å². The van der Waals surface area contributed by atoms with Gasteiger partial charge in [-0.05, 0) is 59.7 Å². The van der Waals surface area contributed by atoms with E-state index in [9.17, 15) is 19.2 Å². The Morgan fingerprint density at radius 2 is 1.69 bits per heavy atom. The summed E-state index contributed by atoms with van der Waals surface area (Å²) in [5.41, 5.74) is 2.82. The predicted molar refractivity (Wildman–Crippen MR) is 146 cm³/mol. The molecule has 8 heteroatoms. The van der Waals surface area contributed by atoms with Crippen LogP contribution >= 0.6 is 0 Å². The van der Waals surface area contributed by atoms with Gasteiger partial charge in [0.1, 0.15) is 17.9 Å². The number of esters is 1. The van der Waals surface area contributed by atoms with Crippen molar-refractivity contribution in [2.24, 2.45) is 0 Å². The van der Waals surface area contributed by atoms with Crippen LogP contribution in [0.1, 0.15) is 27.0 Å². The van der Waals surface area contributed by atoms with E-state index >= 15 is 0 Å². The highest BCUT2D eigenvalue weighted by Crippen LogP contribution is 2.32. The molecule has 1 N–H and O–H groups in total. The number of nitrogens with zero attached hydrogens (tertiary/aromatic N) is 1. The summed E-state index contributed by atoms with van der Waals surface area (Å²) in [4.78, 5) is 51.7. The minimum Gasteiger partial charge on any atom is -0.488 e. The molecule has 1 saturated heterocycles. The van der Waals surface area contributed by atoms with Crippen LogP contribution in [-0.4, -0.2) is 30.9 Å². The number of hydrogen-bond acceptors (Lipinski definition) is 6. The molecule has 8 nitrogen and oxygen atoms in total. The van der Waals surface area contributed by atoms with Crippen LogP contribution in [0.4, 0.5) is 10.5 Å². The quantitative estimate of drug-likeness (QED) is 0.214. The van der Waals surface area contributed by atoms with Crippen LogP contribution in [0.25, 0.3) is 16.8 Å². The lowest BCUT2D eigenvalue weighted by Gasteiger charge is -2.26. The average Bonchev–Trinajstić information content (AvgIpc) is 2.94. The van der Waals surface area contributed by atoms with Gasteiger partial charge in [-0.3, -0.25) is 14.9 Å². The lowest BCUT2D eigenvalue weighted by molar-refractivity contribution is -0.122. The average molecular weight is 521 g/mol. The number of barbiturate groups is 1. The van der Waals surface area contributed by atoms with E-state index in [1.165, 1.54) is 37.5 Å². The van der Waals surface area contributed by atoms with Gasteiger partial charge >= 0.3 is 12.0 Å². The van der Waals surface area contributed by atoms with Crippen molar-refractivity contribution in [2.45, 2.75) is 13.5 Å². The number of methoxy groups -OCH3 is 1. The number of carbonyl (C=O) groups excluding carboxylic acids is 4. The number of anilines is 1. The molecule has 0 aromatic heterocycles. The van der Waals surface area contributed by atoms with E-state index < -0.39 is 23.8 Å². The summed E-state index contributed by atoms with van der Waals surface area (Å²) in [6.45, 7) is 2.28. The van der Waals surface area contributed by atoms with Crippen molar-refractivity contribution in [3.63, 3.8) is 0 Å². The van der Waals surface area contributed by atoms with E-state index in [-0.39, 0.29) is 23.4 Å². The number of imide groups is 2. The summed E-state index contributed by atoms with van der Waals surface area (Å²) in [7, 11) is 1.26. The molecule has 39 heavy (non-hydrogen) atoms. The first-order valence-electron chi connectivity index (χ1n) is 12.2. The lowest BCUT2D eigenvalue weighted by atomic mass is 9.99. The Labute approximate surface area is 224 Å². The molecule has 5 rings (SSSR count). The zero-order valence-electron chi connectivity index (χ0n) is 21.3. The van der Waals surface area contributed by atoms with E-state index in [0.717, 1.165) is 26.8 Å². The highest BCUT2D eigenvalue weighted by molar-refractivity contribution is 6.39. The lowest BCUT2D eigenvalue weighted by Crippen LogP contribution is -2.54. The Morgan fingerprint density at radius 3 is 2.44 bits per heavy atom. The van der Waals surface area contributed by atoms with Gasteiger partial charge in [0.05, 0.1) is 18.4 Å². The zero-order valence-corrected chi connectivity index (χ0v) is 21.3. The molecule has 1 aliphatic heterocycles. The molecule has 0 saturated carbocycles. The van der Waals surface area contributed by atoms with Gasteiger partial charge in [0, 0.05) is 5.56 Å². The van der Waals surface area contributed by atoms with Crippen molar-refractivity contribution in [3.05, 3.63) is 113 Å². The molecule has 0 radical (unpaired) electrons. The molecule has 1 heterocycles. The molecule has 4 aromatic rings. The molecule has 0 spiro atoms. The van der Waals surface area contributed by atoms with Gasteiger partial charge in [-0.25, -0.2) is 14.5 Å². The van der Waals surface area contributed by atoms with Crippen molar-refractivity contribution in [2.75, 3.05) is 12.0 Å². The minimum atomic E-state index is -0.887. The monoisotopic (exact) mass is 520 g/mol. The zero-order chi connectivity index (χ0) is 27.5. The van der Waals surface area contributed by atoms with Gasteiger partial charge in [-0.1, -0.05) is 60.2 Å². The number of aryl methyl sites for hydroxylation is 1. The number of fused-ring (bicyclic) bond motifs is 1. The Morgan fingerprint density at radius 1 is 0.923 bits per heavy atom. The highest BCUT2D eigenvalue weighted by Gasteiger charge is 2.37. The topological polar surface area (TPSA) is 102 Å². The first kappa shape index (κ1) is 25.4. The number of amides is 4. The third-order valence-electron chi connectivity index (χ3n) is 6.34. The van der Waals surface area contributed by atoms with E-state index in [1.807, 2.05) is 61.5 Å². The standard InChI is InChI=1S/C31H24N2O6/c1-19-6-5-7-20(16-19)18-39-27-15-12-21-8-3-4-9-24(21)25(27)17-26-28(34)32-31(37)33(29(26)35)23-13-10-22(11-14-23)30(36)38-2/h3-17H,18H2,1-2H3,(H,32,34,37)/b26-17+. The normalized spacial score (nSPS) is 14.5. The van der Waals surface area contributed by atoms with Crippen molar-refractivity contribution in [3.8, 4) is 5.75 Å². The summed E-state index contributed by atoms with van der Waals surface area (Å²) >= 11 is 0. The number of urea groups is 1. The molecule has 0 aliphatic carbocycles. The fraction of sp³-hybridized carbons (Fsp3) is 0.0968. The largest absolute Gasteiger partial charge is 0.488 e. The smallest absolute Gasteiger partial charge is 0.337 e. The molecule has 1 fully saturated rings. The van der Waals surface area contributed by atoms with E-state index in [1.54, 1.807) is 6.07 Å². The number of rotatable bonds is 6. The maximum absolute atomic E-state index is 13.5. The molecule has 0 unspecified atom stereocenters. The van der Waals surface area contributed by atoms with Gasteiger partial charge in [0.15, 0.2) is 0 Å². The van der Waals surface area contributed by atoms with Crippen molar-refractivity contribution < 1.29 is 28.7 Å². The van der Waals surface area contributed by atoms with Crippen LogP contribution in [0.5, 0.6) is 5.75 Å². The molecule has 194 valence electrons. The number of hydrogen-bond donors (Lipinski definition) is 1. The second-order valence-corrected chi connectivity index (χ2v) is 8.97. The first-order valence-corrected chi connectivity index (χ1v) is 12.2. The van der Waals surface area contributed by atoms with E-state index in [2.05, 4.69) is 5.32 Å². The summed E-state index contributed by atoms with van der Waals surface area (Å²) in [5.74, 6) is -1.69. The highest BCUT2D eigenvalue weighted by atomic mass is 16.5. The maximum atomic E-state index is 13.5. The first-order chi connectivity index (χ1) is 18.9. The summed E-state index contributed by atoms with van der Waals surface area (Å²) in [5, 5.41) is 3.90. The fourth-order valence-corrected chi connectivity index (χ4v) is 4.41. The third-order valence-corrected chi connectivity index (χ3v) is 6.34. The van der Waals surface area contributed by atoms with Crippen molar-refractivity contribution >= 4 is 46.4 Å². The predicted octanol–water partition coefficient (Wildman–Crippen LogP) is 5.18. The van der Waals surface area contributed by atoms with E-state index in [4.69, 9.17) is 9.47 Å². The SMILES string of the molecule is COC(=O)c1ccc(N2C(=O)NC(=O)/C(=C\c3c(OCc4cccc(C)c4)ccc4ccccc34)C2=O)cc1. The summed E-state index contributed by atoms with van der Waals surface area (Å²) in [6.07, 6.45) is 1.45. The van der Waals surface area contributed by atoms with Gasteiger partial charge in [-0.2, -0.15) is 0 Å². The molecular formula is C31H24N2O6. The van der Waals surface area contributed by atoms with Crippen LogP contribution < -0.4 is 15.0 Å². The van der Waals surface area contributed by atoms with Crippen LogP contribution in [0.15, 0.2) is 90.5 Å². The number of benzene rings is 4. The molecule has 0 atom stereocenters. The summed E-state index contributed by atoms with van der Waals surface area (Å²) < 4.78 is 10.9. The van der Waals surface area contributed by atoms with Crippen LogP contribution in [0.2, 0.25) is 0 Å². The van der Waals surface area contributed by atoms with Crippen LogP contribution in [0.3, 0.4) is 0 Å². The van der Waals surface area contributed by atoms with Gasteiger partial charge in [0.2, 0.25) is 0 Å². The molecule has 0 bridgehead atoms. The Hall–Kier alpha value is -5.24. The van der Waals surface area contributed by atoms with Crippen molar-refractivity contribution in [1.82, 2.24) is 5.32 Å². The Balaban J connectivity index is 1.55. The molecule has 1 aliphatic rings. The maximum Gasteiger partial charge on any atom is 0.337 e. The molecule has 4 amide bonds. The number of ether oxygens (including phenoxy) is 2. The molecular weight excluding hydrogens is 496 g/mol. The second kappa shape index (κ2) is 10.6. The minimum absolute atomic E-state index is 0.192. The number of carbonyl (C=O) groups is 4. The van der Waals surface area contributed by atoms with E-state index in [0.29, 0.717) is 11.3 Å².